The second kappa shape index (κ2) is 11.2. The maximum atomic E-state index is 11.6. The number of nitrogens with one attached hydrogen (secondary N) is 2. The van der Waals surface area contributed by atoms with E-state index in [1.165, 1.54) is 12.4 Å². The summed E-state index contributed by atoms with van der Waals surface area (Å²) in [6, 6.07) is 7.24. The summed E-state index contributed by atoms with van der Waals surface area (Å²) in [4.78, 5) is 31.2. The molecule has 0 aliphatic rings. The number of hydrogen-bond acceptors (Lipinski definition) is 6. The topological polar surface area (TPSA) is 109 Å². The van der Waals surface area contributed by atoms with Crippen LogP contribution in [0.3, 0.4) is 0 Å². The van der Waals surface area contributed by atoms with Crippen LogP contribution in [0.2, 0.25) is 0 Å². The van der Waals surface area contributed by atoms with Crippen LogP contribution in [0.15, 0.2) is 59.3 Å². The summed E-state index contributed by atoms with van der Waals surface area (Å²) >= 11 is 0. The van der Waals surface area contributed by atoms with Crippen LogP contribution in [0.5, 0.6) is 0 Å². The molecule has 8 nitrogen and oxygen atoms in total. The number of hydrogen-bond donors (Lipinski definition) is 2. The molecule has 2 aromatic rings. The molecule has 0 unspecified atom stereocenters. The van der Waals surface area contributed by atoms with Crippen molar-refractivity contribution in [3.05, 3.63) is 60.2 Å². The Morgan fingerprint density at radius 2 is 1.31 bits per heavy atom. The van der Waals surface area contributed by atoms with Crippen molar-refractivity contribution in [3.8, 4) is 0 Å². The lowest BCUT2D eigenvalue weighted by Crippen LogP contribution is -2.19. The van der Waals surface area contributed by atoms with E-state index in [1.807, 2.05) is 12.1 Å². The average molecular weight is 352 g/mol. The summed E-state index contributed by atoms with van der Waals surface area (Å²) < 4.78 is 0. The van der Waals surface area contributed by atoms with Gasteiger partial charge in [0.1, 0.15) is 0 Å². The number of aromatic nitrogens is 2. The highest BCUT2D eigenvalue weighted by molar-refractivity contribution is 5.82. The van der Waals surface area contributed by atoms with Crippen LogP contribution in [0.1, 0.15) is 36.8 Å². The molecule has 0 saturated heterocycles. The Morgan fingerprint density at radius 3 is 1.69 bits per heavy atom. The molecule has 0 radical (unpaired) electrons. The fourth-order valence-corrected chi connectivity index (χ4v) is 1.95. The van der Waals surface area contributed by atoms with Crippen molar-refractivity contribution in [2.24, 2.45) is 10.2 Å². The molecule has 2 N–H and O–H groups in total. The van der Waals surface area contributed by atoms with E-state index in [0.717, 1.165) is 11.1 Å². The van der Waals surface area contributed by atoms with Crippen LogP contribution in [-0.4, -0.2) is 34.2 Å². The lowest BCUT2D eigenvalue weighted by atomic mass is 10.2. The van der Waals surface area contributed by atoms with Crippen LogP contribution < -0.4 is 10.9 Å². The van der Waals surface area contributed by atoms with E-state index in [0.29, 0.717) is 25.7 Å². The first-order valence-corrected chi connectivity index (χ1v) is 8.18. The molecule has 0 aliphatic heterocycles. The number of rotatable bonds is 9. The lowest BCUT2D eigenvalue weighted by molar-refractivity contribution is -0.123. The largest absolute Gasteiger partial charge is 0.273 e. The number of amides is 2. The summed E-state index contributed by atoms with van der Waals surface area (Å²) in [6.07, 6.45) is 11.5. The minimum Gasteiger partial charge on any atom is -0.273 e. The van der Waals surface area contributed by atoms with E-state index in [1.54, 1.807) is 36.9 Å². The molecule has 2 rings (SSSR count). The van der Waals surface area contributed by atoms with Crippen molar-refractivity contribution in [2.75, 3.05) is 0 Å². The van der Waals surface area contributed by atoms with Crippen molar-refractivity contribution in [1.29, 1.82) is 0 Å². The number of hydrazone groups is 2. The molecule has 134 valence electrons. The molecule has 8 heteroatoms. The van der Waals surface area contributed by atoms with Gasteiger partial charge in [-0.25, -0.2) is 10.9 Å². The van der Waals surface area contributed by atoms with Gasteiger partial charge in [-0.15, -0.1) is 0 Å². The smallest absolute Gasteiger partial charge is 0.240 e. The standard InChI is InChI=1S/C18H20N6O2/c25-17(23-21-13-15-5-3-9-19-11-15)7-1-2-8-18(26)24-22-14-16-6-4-10-20-12-16/h3-6,9-14H,1-2,7-8H2,(H,23,25)(H,24,26)/b21-13+,22-14+. The van der Waals surface area contributed by atoms with Gasteiger partial charge in [0.2, 0.25) is 11.8 Å². The molecule has 0 aromatic carbocycles. The first-order valence-electron chi connectivity index (χ1n) is 8.18. The predicted octanol–water partition coefficient (Wildman–Crippen LogP) is 1.64. The first-order chi connectivity index (χ1) is 12.7. The molecule has 0 atom stereocenters. The van der Waals surface area contributed by atoms with Gasteiger partial charge in [0, 0.05) is 48.8 Å². The monoisotopic (exact) mass is 352 g/mol. The molecule has 0 saturated carbocycles. The van der Waals surface area contributed by atoms with Crippen LogP contribution in [0.25, 0.3) is 0 Å². The van der Waals surface area contributed by atoms with Crippen LogP contribution >= 0.6 is 0 Å². The fraction of sp³-hybridized carbons (Fsp3) is 0.222. The molecule has 2 aromatic heterocycles. The predicted molar refractivity (Wildman–Crippen MR) is 98.4 cm³/mol. The SMILES string of the molecule is O=C(CCCCC(=O)N/N=C/c1cccnc1)N/N=C/c1cccnc1. The minimum absolute atomic E-state index is 0.194. The molecule has 26 heavy (non-hydrogen) atoms. The van der Waals surface area contributed by atoms with Gasteiger partial charge >= 0.3 is 0 Å². The Balaban J connectivity index is 1.55. The van der Waals surface area contributed by atoms with E-state index in [2.05, 4.69) is 31.0 Å². The Labute approximate surface area is 151 Å². The molecule has 0 bridgehead atoms. The lowest BCUT2D eigenvalue weighted by Gasteiger charge is -2.01. The molecule has 0 aliphatic carbocycles. The first kappa shape index (κ1) is 18.9. The normalized spacial score (nSPS) is 10.9. The van der Waals surface area contributed by atoms with Gasteiger partial charge in [-0.1, -0.05) is 12.1 Å². The van der Waals surface area contributed by atoms with E-state index in [-0.39, 0.29) is 11.8 Å². The van der Waals surface area contributed by atoms with E-state index < -0.39 is 0 Å². The number of nitrogens with zero attached hydrogens (tertiary/aromatic N) is 4. The van der Waals surface area contributed by atoms with Gasteiger partial charge in [-0.2, -0.15) is 10.2 Å². The van der Waals surface area contributed by atoms with Gasteiger partial charge in [-0.05, 0) is 25.0 Å². The van der Waals surface area contributed by atoms with E-state index in [4.69, 9.17) is 0 Å². The quantitative estimate of drug-likeness (QED) is 0.406. The molecule has 0 spiro atoms. The second-order valence-electron chi connectivity index (χ2n) is 5.37. The molecular weight excluding hydrogens is 332 g/mol. The maximum Gasteiger partial charge on any atom is 0.240 e. The molecule has 0 fully saturated rings. The third kappa shape index (κ3) is 7.91. The van der Waals surface area contributed by atoms with Crippen molar-refractivity contribution in [1.82, 2.24) is 20.8 Å². The van der Waals surface area contributed by atoms with Crippen molar-refractivity contribution >= 4 is 24.2 Å². The van der Waals surface area contributed by atoms with Crippen LogP contribution in [0.4, 0.5) is 0 Å². The highest BCUT2D eigenvalue weighted by Gasteiger charge is 2.03. The minimum atomic E-state index is -0.194. The highest BCUT2D eigenvalue weighted by atomic mass is 16.2. The zero-order chi connectivity index (χ0) is 18.5. The number of unbranched alkanes of at least 4 members (excludes halogenated alkanes) is 1. The Kier molecular flexibility index (Phi) is 8.14. The zero-order valence-corrected chi connectivity index (χ0v) is 14.2. The zero-order valence-electron chi connectivity index (χ0n) is 14.2. The van der Waals surface area contributed by atoms with Gasteiger partial charge in [-0.3, -0.25) is 19.6 Å². The third-order valence-corrected chi connectivity index (χ3v) is 3.23. The van der Waals surface area contributed by atoms with Gasteiger partial charge in [0.05, 0.1) is 12.4 Å². The summed E-state index contributed by atoms with van der Waals surface area (Å²) in [5, 5.41) is 7.71. The number of carbonyl (C=O) groups excluding carboxylic acids is 2. The third-order valence-electron chi connectivity index (χ3n) is 3.23. The van der Waals surface area contributed by atoms with Gasteiger partial charge in [0.15, 0.2) is 0 Å². The number of carbonyl (C=O) groups is 2. The fourth-order valence-electron chi connectivity index (χ4n) is 1.95. The second-order valence-corrected chi connectivity index (χ2v) is 5.37. The Hall–Kier alpha value is -3.42. The highest BCUT2D eigenvalue weighted by Crippen LogP contribution is 2.00. The van der Waals surface area contributed by atoms with E-state index in [9.17, 15) is 9.59 Å². The van der Waals surface area contributed by atoms with Crippen molar-refractivity contribution in [3.63, 3.8) is 0 Å². The average Bonchev–Trinajstić information content (AvgIpc) is 2.67. The summed E-state index contributed by atoms with van der Waals surface area (Å²) in [6.45, 7) is 0. The Morgan fingerprint density at radius 1 is 0.846 bits per heavy atom. The summed E-state index contributed by atoms with van der Waals surface area (Å²) in [7, 11) is 0. The molecule has 2 amide bonds. The molecule has 2 heterocycles. The Bertz CT molecular complexity index is 681. The van der Waals surface area contributed by atoms with Gasteiger partial charge < -0.3 is 0 Å². The number of pyridine rings is 2. The van der Waals surface area contributed by atoms with Crippen LogP contribution in [-0.2, 0) is 9.59 Å². The summed E-state index contributed by atoms with van der Waals surface area (Å²) in [5.41, 5.74) is 6.49. The molecular formula is C18H20N6O2. The van der Waals surface area contributed by atoms with Gasteiger partial charge in [0.25, 0.3) is 0 Å². The van der Waals surface area contributed by atoms with Crippen LogP contribution in [0, 0.1) is 0 Å². The van der Waals surface area contributed by atoms with Crippen molar-refractivity contribution < 1.29 is 9.59 Å². The van der Waals surface area contributed by atoms with E-state index >= 15 is 0 Å². The summed E-state index contributed by atoms with van der Waals surface area (Å²) in [5.74, 6) is -0.389. The maximum absolute atomic E-state index is 11.6. The van der Waals surface area contributed by atoms with Crippen molar-refractivity contribution in [2.45, 2.75) is 25.7 Å².